The summed E-state index contributed by atoms with van der Waals surface area (Å²) in [7, 11) is 1.75. The highest BCUT2D eigenvalue weighted by Gasteiger charge is 2.16. The molecule has 0 radical (unpaired) electrons. The number of halogens is 1. The van der Waals surface area contributed by atoms with Gasteiger partial charge in [-0.3, -0.25) is 4.99 Å². The third kappa shape index (κ3) is 1.96. The van der Waals surface area contributed by atoms with Crippen molar-refractivity contribution in [2.75, 3.05) is 20.1 Å². The average molecular weight is 161 g/mol. The molecule has 58 valence electrons. The maximum Gasteiger partial charge on any atom is 0.103 e. The van der Waals surface area contributed by atoms with E-state index in [1.807, 2.05) is 0 Å². The van der Waals surface area contributed by atoms with Gasteiger partial charge in [-0.05, 0) is 25.9 Å². The molecule has 0 aromatic heterocycles. The summed E-state index contributed by atoms with van der Waals surface area (Å²) in [6.07, 6.45) is 2.27. The van der Waals surface area contributed by atoms with E-state index >= 15 is 0 Å². The minimum absolute atomic E-state index is 0.521. The fourth-order valence-electron chi connectivity index (χ4n) is 1.24. The zero-order valence-corrected chi connectivity index (χ0v) is 6.99. The maximum atomic E-state index is 5.87. The van der Waals surface area contributed by atoms with E-state index in [0.29, 0.717) is 5.92 Å². The maximum absolute atomic E-state index is 5.87. The minimum Gasteiger partial charge on any atom is -0.317 e. The second-order valence-electron chi connectivity index (χ2n) is 2.57. The van der Waals surface area contributed by atoms with Crippen LogP contribution in [-0.2, 0) is 0 Å². The average Bonchev–Trinajstić information content (AvgIpc) is 2.05. The van der Waals surface area contributed by atoms with Crippen molar-refractivity contribution in [2.24, 2.45) is 10.9 Å². The van der Waals surface area contributed by atoms with Crippen LogP contribution in [0.3, 0.4) is 0 Å². The largest absolute Gasteiger partial charge is 0.317 e. The molecule has 0 aromatic carbocycles. The Balaban J connectivity index is 2.39. The lowest BCUT2D eigenvalue weighted by Crippen LogP contribution is -2.30. The molecule has 0 unspecified atom stereocenters. The summed E-state index contributed by atoms with van der Waals surface area (Å²) in [5.74, 6) is 0.521. The van der Waals surface area contributed by atoms with Crippen molar-refractivity contribution in [1.29, 1.82) is 0 Å². The number of nitrogens with zero attached hydrogens (tertiary/aromatic N) is 1. The molecule has 3 heteroatoms. The molecule has 1 heterocycles. The zero-order valence-electron chi connectivity index (χ0n) is 6.23. The molecule has 10 heavy (non-hydrogen) atoms. The first-order valence-corrected chi connectivity index (χ1v) is 4.05. The third-order valence-corrected chi connectivity index (χ3v) is 2.37. The number of nitrogens with one attached hydrogen (secondary N) is 1. The second-order valence-corrected chi connectivity index (χ2v) is 2.96. The van der Waals surface area contributed by atoms with E-state index in [0.717, 1.165) is 31.1 Å². The van der Waals surface area contributed by atoms with Crippen LogP contribution < -0.4 is 5.32 Å². The van der Waals surface area contributed by atoms with Crippen molar-refractivity contribution < 1.29 is 0 Å². The Morgan fingerprint density at radius 2 is 2.10 bits per heavy atom. The van der Waals surface area contributed by atoms with Crippen LogP contribution in [0.4, 0.5) is 0 Å². The number of rotatable bonds is 1. The zero-order chi connectivity index (χ0) is 7.40. The van der Waals surface area contributed by atoms with Crippen molar-refractivity contribution in [3.63, 3.8) is 0 Å². The Morgan fingerprint density at radius 3 is 2.60 bits per heavy atom. The molecule has 1 aliphatic rings. The Hall–Kier alpha value is -0.0800. The number of hydrogen-bond acceptors (Lipinski definition) is 2. The Morgan fingerprint density at radius 1 is 1.50 bits per heavy atom. The SMILES string of the molecule is CN=C(Cl)C1CCNCC1. The molecule has 1 N–H and O–H groups in total. The molecule has 0 saturated carbocycles. The molecule has 1 fully saturated rings. The molecule has 0 atom stereocenters. The van der Waals surface area contributed by atoms with Gasteiger partial charge in [0.25, 0.3) is 0 Å². The predicted molar refractivity (Wildman–Crippen MR) is 44.8 cm³/mol. The lowest BCUT2D eigenvalue weighted by atomic mass is 10.00. The molecular formula is C7H13ClN2. The van der Waals surface area contributed by atoms with Gasteiger partial charge >= 0.3 is 0 Å². The van der Waals surface area contributed by atoms with Crippen LogP contribution in [0.15, 0.2) is 4.99 Å². The summed E-state index contributed by atoms with van der Waals surface area (Å²) >= 11 is 5.87. The Kier molecular flexibility index (Phi) is 3.16. The summed E-state index contributed by atoms with van der Waals surface area (Å²) in [6.45, 7) is 2.16. The summed E-state index contributed by atoms with van der Waals surface area (Å²) in [5.41, 5.74) is 0. The Labute approximate surface area is 66.7 Å². The Bertz CT molecular complexity index is 128. The van der Waals surface area contributed by atoms with E-state index in [1.165, 1.54) is 0 Å². The van der Waals surface area contributed by atoms with Gasteiger partial charge in [-0.2, -0.15) is 0 Å². The summed E-state index contributed by atoms with van der Waals surface area (Å²) in [4.78, 5) is 3.97. The smallest absolute Gasteiger partial charge is 0.103 e. The van der Waals surface area contributed by atoms with Crippen LogP contribution >= 0.6 is 11.6 Å². The van der Waals surface area contributed by atoms with Crippen molar-refractivity contribution in [2.45, 2.75) is 12.8 Å². The fraction of sp³-hybridized carbons (Fsp3) is 0.857. The van der Waals surface area contributed by atoms with Gasteiger partial charge in [-0.1, -0.05) is 11.6 Å². The summed E-state index contributed by atoms with van der Waals surface area (Å²) < 4.78 is 0. The van der Waals surface area contributed by atoms with E-state index in [4.69, 9.17) is 11.6 Å². The van der Waals surface area contributed by atoms with Crippen molar-refractivity contribution in [3.8, 4) is 0 Å². The predicted octanol–water partition coefficient (Wildman–Crippen LogP) is 1.25. The molecule has 0 amide bonds. The topological polar surface area (TPSA) is 24.4 Å². The van der Waals surface area contributed by atoms with Gasteiger partial charge in [0.05, 0.1) is 0 Å². The van der Waals surface area contributed by atoms with Gasteiger partial charge in [-0.25, -0.2) is 0 Å². The number of hydrogen-bond donors (Lipinski definition) is 1. The highest BCUT2D eigenvalue weighted by atomic mass is 35.5. The quantitative estimate of drug-likeness (QED) is 0.574. The van der Waals surface area contributed by atoms with Gasteiger partial charge in [0.2, 0.25) is 0 Å². The molecule has 0 aliphatic carbocycles. The third-order valence-electron chi connectivity index (χ3n) is 1.89. The standard InChI is InChI=1S/C7H13ClN2/c1-9-7(8)6-2-4-10-5-3-6/h6,10H,2-5H2,1H3. The number of aliphatic imine (C=N–C) groups is 1. The van der Waals surface area contributed by atoms with Gasteiger partial charge in [0.1, 0.15) is 5.17 Å². The molecule has 2 nitrogen and oxygen atoms in total. The van der Waals surface area contributed by atoms with E-state index < -0.39 is 0 Å². The first kappa shape index (κ1) is 8.02. The van der Waals surface area contributed by atoms with Crippen molar-refractivity contribution in [3.05, 3.63) is 0 Å². The van der Waals surface area contributed by atoms with Crippen LogP contribution in [0.1, 0.15) is 12.8 Å². The van der Waals surface area contributed by atoms with Crippen molar-refractivity contribution >= 4 is 16.8 Å². The van der Waals surface area contributed by atoms with E-state index in [1.54, 1.807) is 7.05 Å². The first-order valence-electron chi connectivity index (χ1n) is 3.67. The molecule has 0 spiro atoms. The first-order chi connectivity index (χ1) is 4.84. The minimum atomic E-state index is 0.521. The lowest BCUT2D eigenvalue weighted by Gasteiger charge is -2.20. The van der Waals surface area contributed by atoms with Gasteiger partial charge < -0.3 is 5.32 Å². The van der Waals surface area contributed by atoms with E-state index in [9.17, 15) is 0 Å². The fourth-order valence-corrected chi connectivity index (χ4v) is 1.46. The normalized spacial score (nSPS) is 23.2. The summed E-state index contributed by atoms with van der Waals surface area (Å²) in [5, 5.41) is 4.07. The van der Waals surface area contributed by atoms with Crippen molar-refractivity contribution in [1.82, 2.24) is 5.32 Å². The van der Waals surface area contributed by atoms with Gasteiger partial charge in [-0.15, -0.1) is 0 Å². The lowest BCUT2D eigenvalue weighted by molar-refractivity contribution is 0.460. The van der Waals surface area contributed by atoms with Crippen LogP contribution in [0.5, 0.6) is 0 Å². The highest BCUT2D eigenvalue weighted by Crippen LogP contribution is 2.15. The highest BCUT2D eigenvalue weighted by molar-refractivity contribution is 6.65. The second kappa shape index (κ2) is 3.94. The van der Waals surface area contributed by atoms with Gasteiger partial charge in [0, 0.05) is 13.0 Å². The molecule has 1 aliphatic heterocycles. The van der Waals surface area contributed by atoms with Crippen LogP contribution in [0.25, 0.3) is 0 Å². The van der Waals surface area contributed by atoms with Crippen LogP contribution in [-0.4, -0.2) is 25.3 Å². The molecule has 0 bridgehead atoms. The van der Waals surface area contributed by atoms with Crippen LogP contribution in [0.2, 0.25) is 0 Å². The van der Waals surface area contributed by atoms with Crippen LogP contribution in [0, 0.1) is 5.92 Å². The summed E-state index contributed by atoms with van der Waals surface area (Å²) in [6, 6.07) is 0. The molecule has 1 rings (SSSR count). The van der Waals surface area contributed by atoms with E-state index in [-0.39, 0.29) is 0 Å². The molecular weight excluding hydrogens is 148 g/mol. The monoisotopic (exact) mass is 160 g/mol. The number of piperidine rings is 1. The van der Waals surface area contributed by atoms with Gasteiger partial charge in [0.15, 0.2) is 0 Å². The van der Waals surface area contributed by atoms with E-state index in [2.05, 4.69) is 10.3 Å². The molecule has 1 saturated heterocycles. The molecule has 0 aromatic rings.